The second kappa shape index (κ2) is 8.37. The molecule has 6 nitrogen and oxygen atoms in total. The lowest BCUT2D eigenvalue weighted by Crippen LogP contribution is -2.14. The Labute approximate surface area is 164 Å². The number of para-hydroxylation sites is 2. The highest BCUT2D eigenvalue weighted by molar-refractivity contribution is 9.10. The second-order valence-corrected chi connectivity index (χ2v) is 7.25. The van der Waals surface area contributed by atoms with Crippen molar-refractivity contribution in [1.29, 1.82) is 0 Å². The molecule has 134 valence electrons. The van der Waals surface area contributed by atoms with Crippen LogP contribution in [-0.4, -0.2) is 33.5 Å². The van der Waals surface area contributed by atoms with Crippen LogP contribution in [0.5, 0.6) is 5.75 Å². The van der Waals surface area contributed by atoms with E-state index >= 15 is 0 Å². The maximum absolute atomic E-state index is 12.2. The lowest BCUT2D eigenvalue weighted by molar-refractivity contribution is -0.113. The summed E-state index contributed by atoms with van der Waals surface area (Å²) in [7, 11) is 1.61. The van der Waals surface area contributed by atoms with Crippen molar-refractivity contribution in [3.63, 3.8) is 0 Å². The van der Waals surface area contributed by atoms with E-state index < -0.39 is 0 Å². The van der Waals surface area contributed by atoms with Crippen molar-refractivity contribution in [3.05, 3.63) is 58.8 Å². The molecule has 0 spiro atoms. The first kappa shape index (κ1) is 18.5. The zero-order chi connectivity index (χ0) is 18.5. The minimum Gasteiger partial charge on any atom is -0.495 e. The van der Waals surface area contributed by atoms with Gasteiger partial charge in [0.05, 0.1) is 18.6 Å². The van der Waals surface area contributed by atoms with E-state index in [1.807, 2.05) is 49.4 Å². The standard InChI is InChI=1S/C18H17BrN4O2S/c1-12-7-8-13(9-14(12)19)21-17(24)10-26-18-22-20-11-23(18)15-5-3-4-6-16(15)25-2/h3-9,11H,10H2,1-2H3,(H,21,24). The molecule has 0 aliphatic rings. The van der Waals surface area contributed by atoms with Gasteiger partial charge in [0.15, 0.2) is 5.16 Å². The quantitative estimate of drug-likeness (QED) is 0.594. The van der Waals surface area contributed by atoms with Gasteiger partial charge in [0, 0.05) is 10.2 Å². The summed E-state index contributed by atoms with van der Waals surface area (Å²) in [5.74, 6) is 0.822. The Bertz CT molecular complexity index is 929. The van der Waals surface area contributed by atoms with Crippen LogP contribution in [-0.2, 0) is 4.79 Å². The lowest BCUT2D eigenvalue weighted by atomic mass is 10.2. The van der Waals surface area contributed by atoms with E-state index in [2.05, 4.69) is 31.4 Å². The van der Waals surface area contributed by atoms with Crippen LogP contribution < -0.4 is 10.1 Å². The van der Waals surface area contributed by atoms with Gasteiger partial charge in [0.2, 0.25) is 5.91 Å². The maximum atomic E-state index is 12.2. The maximum Gasteiger partial charge on any atom is 0.234 e. The van der Waals surface area contributed by atoms with E-state index in [0.717, 1.165) is 21.4 Å². The highest BCUT2D eigenvalue weighted by atomic mass is 79.9. The van der Waals surface area contributed by atoms with Gasteiger partial charge in [-0.2, -0.15) is 0 Å². The summed E-state index contributed by atoms with van der Waals surface area (Å²) in [5, 5.41) is 11.6. The summed E-state index contributed by atoms with van der Waals surface area (Å²) < 4.78 is 8.14. The molecule has 0 unspecified atom stereocenters. The summed E-state index contributed by atoms with van der Waals surface area (Å²) in [5.41, 5.74) is 2.69. The molecule has 2 aromatic carbocycles. The zero-order valence-corrected chi connectivity index (χ0v) is 16.7. The predicted molar refractivity (Wildman–Crippen MR) is 106 cm³/mol. The number of nitrogens with one attached hydrogen (secondary N) is 1. The Morgan fingerprint density at radius 1 is 1.31 bits per heavy atom. The Morgan fingerprint density at radius 2 is 2.12 bits per heavy atom. The van der Waals surface area contributed by atoms with Crippen molar-refractivity contribution in [3.8, 4) is 11.4 Å². The van der Waals surface area contributed by atoms with Gasteiger partial charge in [0.1, 0.15) is 12.1 Å². The molecule has 0 aliphatic carbocycles. The third kappa shape index (κ3) is 4.25. The van der Waals surface area contributed by atoms with Gasteiger partial charge in [0.25, 0.3) is 0 Å². The predicted octanol–water partition coefficient (Wildman–Crippen LogP) is 4.08. The molecule has 0 aliphatic heterocycles. The topological polar surface area (TPSA) is 69.0 Å². The normalized spacial score (nSPS) is 10.6. The summed E-state index contributed by atoms with van der Waals surface area (Å²) in [4.78, 5) is 12.2. The molecule has 0 radical (unpaired) electrons. The van der Waals surface area contributed by atoms with Crippen molar-refractivity contribution < 1.29 is 9.53 Å². The Kier molecular flexibility index (Phi) is 5.95. The molecule has 1 heterocycles. The fraction of sp³-hybridized carbons (Fsp3) is 0.167. The number of aryl methyl sites for hydroxylation is 1. The second-order valence-electron chi connectivity index (χ2n) is 5.46. The molecule has 0 fully saturated rings. The van der Waals surface area contributed by atoms with Crippen LogP contribution >= 0.6 is 27.7 Å². The summed E-state index contributed by atoms with van der Waals surface area (Å²) in [6, 6.07) is 13.3. The average Bonchev–Trinajstić information content (AvgIpc) is 3.11. The number of carbonyl (C=O) groups is 1. The number of hydrogen-bond acceptors (Lipinski definition) is 5. The van der Waals surface area contributed by atoms with Gasteiger partial charge >= 0.3 is 0 Å². The molecule has 0 saturated carbocycles. The summed E-state index contributed by atoms with van der Waals surface area (Å²) >= 11 is 4.78. The largest absolute Gasteiger partial charge is 0.495 e. The first-order valence-electron chi connectivity index (χ1n) is 7.80. The molecular formula is C18H17BrN4O2S. The molecule has 1 amide bonds. The van der Waals surface area contributed by atoms with E-state index in [0.29, 0.717) is 10.9 Å². The number of amides is 1. The minimum atomic E-state index is -0.111. The van der Waals surface area contributed by atoms with Crippen LogP contribution in [0.4, 0.5) is 5.69 Å². The van der Waals surface area contributed by atoms with Crippen molar-refractivity contribution in [2.24, 2.45) is 0 Å². The van der Waals surface area contributed by atoms with Crippen molar-refractivity contribution >= 4 is 39.3 Å². The first-order valence-corrected chi connectivity index (χ1v) is 9.58. The molecule has 0 atom stereocenters. The number of carbonyl (C=O) groups excluding carboxylic acids is 1. The fourth-order valence-corrected chi connectivity index (χ4v) is 3.42. The molecule has 8 heteroatoms. The monoisotopic (exact) mass is 432 g/mol. The number of benzene rings is 2. The zero-order valence-electron chi connectivity index (χ0n) is 14.3. The molecule has 26 heavy (non-hydrogen) atoms. The molecule has 0 bridgehead atoms. The highest BCUT2D eigenvalue weighted by Crippen LogP contribution is 2.27. The molecule has 3 aromatic rings. The molecule has 0 saturated heterocycles. The number of rotatable bonds is 6. The summed E-state index contributed by atoms with van der Waals surface area (Å²) in [6.45, 7) is 2.00. The molecule has 3 rings (SSSR count). The van der Waals surface area contributed by atoms with Gasteiger partial charge in [-0.05, 0) is 36.8 Å². The van der Waals surface area contributed by atoms with Crippen LogP contribution in [0, 0.1) is 6.92 Å². The Balaban J connectivity index is 1.68. The number of nitrogens with zero attached hydrogens (tertiary/aromatic N) is 3. The van der Waals surface area contributed by atoms with Crippen LogP contribution in [0.2, 0.25) is 0 Å². The van der Waals surface area contributed by atoms with E-state index in [-0.39, 0.29) is 11.7 Å². The van der Waals surface area contributed by atoms with Crippen molar-refractivity contribution in [1.82, 2.24) is 14.8 Å². The van der Waals surface area contributed by atoms with Crippen LogP contribution in [0.25, 0.3) is 5.69 Å². The van der Waals surface area contributed by atoms with Gasteiger partial charge in [-0.3, -0.25) is 9.36 Å². The Hall–Kier alpha value is -2.32. The van der Waals surface area contributed by atoms with Gasteiger partial charge in [-0.25, -0.2) is 0 Å². The smallest absolute Gasteiger partial charge is 0.234 e. The number of ether oxygens (including phenoxy) is 1. The number of aromatic nitrogens is 3. The minimum absolute atomic E-state index is 0.111. The lowest BCUT2D eigenvalue weighted by Gasteiger charge is -2.11. The molecular weight excluding hydrogens is 416 g/mol. The SMILES string of the molecule is COc1ccccc1-n1cnnc1SCC(=O)Nc1ccc(C)c(Br)c1. The molecule has 1 N–H and O–H groups in total. The van der Waals surface area contributed by atoms with Crippen LogP contribution in [0.1, 0.15) is 5.56 Å². The third-order valence-electron chi connectivity index (χ3n) is 3.65. The number of thioether (sulfide) groups is 1. The van der Waals surface area contributed by atoms with Crippen LogP contribution in [0.15, 0.2) is 58.4 Å². The third-order valence-corrected chi connectivity index (χ3v) is 5.45. The van der Waals surface area contributed by atoms with Gasteiger partial charge < -0.3 is 10.1 Å². The first-order chi connectivity index (χ1) is 12.6. The van der Waals surface area contributed by atoms with Gasteiger partial charge in [-0.15, -0.1) is 10.2 Å². The number of anilines is 1. The van der Waals surface area contributed by atoms with E-state index in [1.165, 1.54) is 11.8 Å². The van der Waals surface area contributed by atoms with Crippen molar-refractivity contribution in [2.75, 3.05) is 18.2 Å². The van der Waals surface area contributed by atoms with E-state index in [9.17, 15) is 4.79 Å². The fourth-order valence-electron chi connectivity index (χ4n) is 2.31. The van der Waals surface area contributed by atoms with Crippen LogP contribution in [0.3, 0.4) is 0 Å². The number of hydrogen-bond donors (Lipinski definition) is 1. The molecule has 1 aromatic heterocycles. The highest BCUT2D eigenvalue weighted by Gasteiger charge is 2.13. The summed E-state index contributed by atoms with van der Waals surface area (Å²) in [6.07, 6.45) is 1.61. The van der Waals surface area contributed by atoms with E-state index in [1.54, 1.807) is 18.0 Å². The van der Waals surface area contributed by atoms with E-state index in [4.69, 9.17) is 4.74 Å². The Morgan fingerprint density at radius 3 is 2.88 bits per heavy atom. The van der Waals surface area contributed by atoms with Crippen molar-refractivity contribution in [2.45, 2.75) is 12.1 Å². The average molecular weight is 433 g/mol. The number of methoxy groups -OCH3 is 1. The van der Waals surface area contributed by atoms with Gasteiger partial charge in [-0.1, -0.05) is 45.9 Å². The number of halogens is 1.